The highest BCUT2D eigenvalue weighted by Gasteiger charge is 2.28. The molecule has 3 rings (SSSR count). The number of aryl methyl sites for hydroxylation is 1. The Bertz CT molecular complexity index is 663. The van der Waals surface area contributed by atoms with Gasteiger partial charge in [0.25, 0.3) is 0 Å². The summed E-state index contributed by atoms with van der Waals surface area (Å²) in [6.45, 7) is 4.05. The van der Waals surface area contributed by atoms with Gasteiger partial charge in [-0.2, -0.15) is 0 Å². The average molecular weight is 288 g/mol. The van der Waals surface area contributed by atoms with Gasteiger partial charge in [0.15, 0.2) is 0 Å². The van der Waals surface area contributed by atoms with Crippen molar-refractivity contribution < 1.29 is 0 Å². The molecule has 0 spiro atoms. The van der Waals surface area contributed by atoms with Gasteiger partial charge in [0, 0.05) is 29.1 Å². The van der Waals surface area contributed by atoms with Gasteiger partial charge in [-0.3, -0.25) is 0 Å². The zero-order valence-electron chi connectivity index (χ0n) is 12.0. The van der Waals surface area contributed by atoms with Gasteiger partial charge in [0.2, 0.25) is 0 Å². The van der Waals surface area contributed by atoms with Crippen molar-refractivity contribution >= 4 is 17.4 Å². The Balaban J connectivity index is 2.15. The Labute approximate surface area is 124 Å². The van der Waals surface area contributed by atoms with Gasteiger partial charge >= 0.3 is 0 Å². The fourth-order valence-electron chi connectivity index (χ4n) is 2.32. The van der Waals surface area contributed by atoms with Crippen LogP contribution in [0.4, 0.5) is 5.82 Å². The molecule has 1 aromatic heterocycles. The molecule has 0 radical (unpaired) electrons. The van der Waals surface area contributed by atoms with Crippen molar-refractivity contribution in [2.75, 3.05) is 12.4 Å². The fourth-order valence-corrected chi connectivity index (χ4v) is 2.50. The van der Waals surface area contributed by atoms with Gasteiger partial charge in [0.1, 0.15) is 11.6 Å². The maximum Gasteiger partial charge on any atom is 0.134 e. The van der Waals surface area contributed by atoms with E-state index in [-0.39, 0.29) is 0 Å². The Morgan fingerprint density at radius 3 is 2.55 bits per heavy atom. The molecule has 1 aliphatic rings. The molecule has 0 bridgehead atoms. The van der Waals surface area contributed by atoms with Crippen LogP contribution in [0.1, 0.15) is 35.7 Å². The minimum absolute atomic E-state index is 0.530. The number of hydrogen-bond acceptors (Lipinski definition) is 3. The summed E-state index contributed by atoms with van der Waals surface area (Å²) in [6, 6.07) is 6.10. The van der Waals surface area contributed by atoms with Gasteiger partial charge in [-0.15, -0.1) is 0 Å². The monoisotopic (exact) mass is 287 g/mol. The number of halogens is 1. The average Bonchev–Trinajstić information content (AvgIpc) is 3.27. The molecule has 2 aromatic rings. The molecule has 1 fully saturated rings. The standard InChI is InChI=1S/C16H18ClN3/c1-9-4-5-12(8-13(9)17)14-10(2)15(18-3)20-16(19-14)11-6-7-11/h4-5,8,11H,6-7H2,1-3H3,(H,18,19,20). The SMILES string of the molecule is CNc1nc(C2CC2)nc(-c2ccc(C)c(Cl)c2)c1C. The van der Waals surface area contributed by atoms with Crippen molar-refractivity contribution in [3.05, 3.63) is 40.2 Å². The number of nitrogens with zero attached hydrogens (tertiary/aromatic N) is 2. The second-order valence-electron chi connectivity index (χ2n) is 5.39. The summed E-state index contributed by atoms with van der Waals surface area (Å²) in [5.74, 6) is 2.39. The second kappa shape index (κ2) is 5.06. The van der Waals surface area contributed by atoms with E-state index in [1.807, 2.05) is 33.0 Å². The molecule has 20 heavy (non-hydrogen) atoms. The van der Waals surface area contributed by atoms with Crippen LogP contribution in [0.15, 0.2) is 18.2 Å². The Morgan fingerprint density at radius 1 is 1.20 bits per heavy atom. The normalized spacial score (nSPS) is 14.4. The smallest absolute Gasteiger partial charge is 0.134 e. The van der Waals surface area contributed by atoms with Crippen LogP contribution in [0.5, 0.6) is 0 Å². The number of anilines is 1. The van der Waals surface area contributed by atoms with E-state index < -0.39 is 0 Å². The van der Waals surface area contributed by atoms with E-state index in [1.165, 1.54) is 12.8 Å². The summed E-state index contributed by atoms with van der Waals surface area (Å²) in [5.41, 5.74) is 4.18. The summed E-state index contributed by atoms with van der Waals surface area (Å²) >= 11 is 6.25. The third-order valence-electron chi connectivity index (χ3n) is 3.79. The lowest BCUT2D eigenvalue weighted by molar-refractivity contribution is 0.924. The third kappa shape index (κ3) is 2.38. The van der Waals surface area contributed by atoms with Gasteiger partial charge in [-0.1, -0.05) is 23.7 Å². The van der Waals surface area contributed by atoms with Crippen LogP contribution in [-0.4, -0.2) is 17.0 Å². The maximum atomic E-state index is 6.25. The Kier molecular flexibility index (Phi) is 3.38. The van der Waals surface area contributed by atoms with E-state index in [0.29, 0.717) is 5.92 Å². The molecule has 0 saturated heterocycles. The molecular weight excluding hydrogens is 270 g/mol. The number of nitrogens with one attached hydrogen (secondary N) is 1. The third-order valence-corrected chi connectivity index (χ3v) is 4.19. The molecule has 104 valence electrons. The summed E-state index contributed by atoms with van der Waals surface area (Å²) in [5, 5.41) is 3.95. The molecule has 3 nitrogen and oxygen atoms in total. The van der Waals surface area contributed by atoms with Gasteiger partial charge < -0.3 is 5.32 Å². The summed E-state index contributed by atoms with van der Waals surface area (Å²) in [7, 11) is 1.90. The van der Waals surface area contributed by atoms with E-state index in [9.17, 15) is 0 Å². The molecule has 0 unspecified atom stereocenters. The quantitative estimate of drug-likeness (QED) is 0.913. The topological polar surface area (TPSA) is 37.8 Å². The highest BCUT2D eigenvalue weighted by atomic mass is 35.5. The number of aromatic nitrogens is 2. The summed E-state index contributed by atoms with van der Waals surface area (Å²) < 4.78 is 0. The molecule has 1 N–H and O–H groups in total. The van der Waals surface area contributed by atoms with Gasteiger partial charge in [0.05, 0.1) is 5.69 Å². The molecule has 0 amide bonds. The molecule has 1 aromatic carbocycles. The molecule has 1 heterocycles. The van der Waals surface area contributed by atoms with Crippen LogP contribution >= 0.6 is 11.6 Å². The van der Waals surface area contributed by atoms with Crippen LogP contribution in [0.25, 0.3) is 11.3 Å². The lowest BCUT2D eigenvalue weighted by Gasteiger charge is -2.13. The van der Waals surface area contributed by atoms with Crippen LogP contribution in [0.2, 0.25) is 5.02 Å². The largest absolute Gasteiger partial charge is 0.373 e. The van der Waals surface area contributed by atoms with Crippen molar-refractivity contribution in [1.82, 2.24) is 9.97 Å². The van der Waals surface area contributed by atoms with Crippen molar-refractivity contribution in [2.45, 2.75) is 32.6 Å². The van der Waals surface area contributed by atoms with Gasteiger partial charge in [-0.25, -0.2) is 9.97 Å². The summed E-state index contributed by atoms with van der Waals surface area (Å²) in [6.07, 6.45) is 2.39. The highest BCUT2D eigenvalue weighted by molar-refractivity contribution is 6.31. The molecular formula is C16H18ClN3. The van der Waals surface area contributed by atoms with Crippen molar-refractivity contribution in [1.29, 1.82) is 0 Å². The Morgan fingerprint density at radius 2 is 1.95 bits per heavy atom. The first kappa shape index (κ1) is 13.4. The predicted octanol–water partition coefficient (Wildman–Crippen LogP) is 4.33. The zero-order chi connectivity index (χ0) is 14.3. The van der Waals surface area contributed by atoms with E-state index >= 15 is 0 Å². The van der Waals surface area contributed by atoms with E-state index in [1.54, 1.807) is 0 Å². The fraction of sp³-hybridized carbons (Fsp3) is 0.375. The van der Waals surface area contributed by atoms with Crippen molar-refractivity contribution in [2.24, 2.45) is 0 Å². The number of benzene rings is 1. The molecule has 1 saturated carbocycles. The first-order valence-electron chi connectivity index (χ1n) is 6.93. The lowest BCUT2D eigenvalue weighted by atomic mass is 10.1. The summed E-state index contributed by atoms with van der Waals surface area (Å²) in [4.78, 5) is 9.40. The van der Waals surface area contributed by atoms with Crippen LogP contribution in [0, 0.1) is 13.8 Å². The molecule has 4 heteroatoms. The molecule has 0 atom stereocenters. The number of hydrogen-bond donors (Lipinski definition) is 1. The van der Waals surface area contributed by atoms with Crippen molar-refractivity contribution in [3.8, 4) is 11.3 Å². The maximum absolute atomic E-state index is 6.25. The lowest BCUT2D eigenvalue weighted by Crippen LogP contribution is -2.04. The van der Waals surface area contributed by atoms with E-state index in [2.05, 4.69) is 16.4 Å². The van der Waals surface area contributed by atoms with Crippen LogP contribution in [0.3, 0.4) is 0 Å². The number of rotatable bonds is 3. The van der Waals surface area contributed by atoms with Gasteiger partial charge in [-0.05, 0) is 38.3 Å². The van der Waals surface area contributed by atoms with Crippen molar-refractivity contribution in [3.63, 3.8) is 0 Å². The zero-order valence-corrected chi connectivity index (χ0v) is 12.8. The van der Waals surface area contributed by atoms with Crippen LogP contribution < -0.4 is 5.32 Å². The highest BCUT2D eigenvalue weighted by Crippen LogP contribution is 2.40. The second-order valence-corrected chi connectivity index (χ2v) is 5.80. The minimum Gasteiger partial charge on any atom is -0.373 e. The van der Waals surface area contributed by atoms with Crippen LogP contribution in [-0.2, 0) is 0 Å². The molecule has 0 aliphatic heterocycles. The van der Waals surface area contributed by atoms with E-state index in [0.717, 1.165) is 39.0 Å². The predicted molar refractivity (Wildman–Crippen MR) is 83.5 cm³/mol. The first-order chi connectivity index (χ1) is 9.60. The minimum atomic E-state index is 0.530. The Hall–Kier alpha value is -1.61. The van der Waals surface area contributed by atoms with E-state index in [4.69, 9.17) is 16.6 Å². The first-order valence-corrected chi connectivity index (χ1v) is 7.30. The molecule has 1 aliphatic carbocycles.